The van der Waals surface area contributed by atoms with Crippen molar-refractivity contribution in [3.05, 3.63) is 85.1 Å². The number of carbonyl (C=O) groups excluding carboxylic acids is 1. The highest BCUT2D eigenvalue weighted by molar-refractivity contribution is 5.76. The van der Waals surface area contributed by atoms with Gasteiger partial charge in [0.1, 0.15) is 73.2 Å². The van der Waals surface area contributed by atoms with Gasteiger partial charge in [-0.25, -0.2) is 0 Å². The zero-order chi connectivity index (χ0) is 62.6. The van der Waals surface area contributed by atoms with Gasteiger partial charge >= 0.3 is 0 Å². The normalized spacial score (nSPS) is 29.3. The Morgan fingerprint density at radius 3 is 1.24 bits per heavy atom. The van der Waals surface area contributed by atoms with Crippen molar-refractivity contribution in [2.75, 3.05) is 26.4 Å². The lowest BCUT2D eigenvalue weighted by molar-refractivity contribution is -0.379. The molecule has 12 N–H and O–H groups in total. The highest BCUT2D eigenvalue weighted by Gasteiger charge is 2.53. The monoisotopic (exact) mass is 1220 g/mol. The number of aliphatic hydroxyl groups excluding tert-OH is 11. The number of amides is 1. The summed E-state index contributed by atoms with van der Waals surface area (Å²) < 4.78 is 34.3. The highest BCUT2D eigenvalue weighted by atomic mass is 16.8. The smallest absolute Gasteiger partial charge is 0.220 e. The van der Waals surface area contributed by atoms with E-state index in [0.29, 0.717) is 19.3 Å². The number of hydrogen-bond acceptors (Lipinski definition) is 18. The summed E-state index contributed by atoms with van der Waals surface area (Å²) in [4.78, 5) is 13.4. The zero-order valence-electron chi connectivity index (χ0n) is 52.0. The molecular weight excluding hydrogens is 1110 g/mol. The molecule has 3 fully saturated rings. The van der Waals surface area contributed by atoms with Gasteiger partial charge in [0.15, 0.2) is 18.9 Å². The van der Waals surface area contributed by atoms with Crippen molar-refractivity contribution in [2.24, 2.45) is 0 Å². The number of unbranched alkanes of at least 4 members (excludes halogenated alkanes) is 18. The average Bonchev–Trinajstić information content (AvgIpc) is 3.70. The summed E-state index contributed by atoms with van der Waals surface area (Å²) in [6.45, 7) is 1.64. The van der Waals surface area contributed by atoms with Crippen LogP contribution in [-0.4, -0.2) is 193 Å². The van der Waals surface area contributed by atoms with Gasteiger partial charge in [0, 0.05) is 6.42 Å². The number of allylic oxidation sites excluding steroid dienone is 14. The minimum absolute atomic E-state index is 0.221. The van der Waals surface area contributed by atoms with Crippen molar-refractivity contribution in [2.45, 2.75) is 304 Å². The first-order valence-electron chi connectivity index (χ1n) is 32.8. The zero-order valence-corrected chi connectivity index (χ0v) is 52.0. The van der Waals surface area contributed by atoms with Crippen molar-refractivity contribution in [3.63, 3.8) is 0 Å². The molecule has 3 heterocycles. The van der Waals surface area contributed by atoms with Crippen LogP contribution in [0.25, 0.3) is 0 Å². The standard InChI is InChI=1S/C67H115NO18/c1-3-5-7-9-11-13-15-17-19-21-22-23-24-25-26-27-28-29-31-33-35-37-39-41-43-45-55(73)68-50(51(72)44-42-40-38-36-34-32-30-20-18-16-14-12-10-8-6-4-2)49-81-65-61(79)58(76)63(53(47-70)83-65)86-67-62(80)59(77)64(54(48-71)84-67)85-66-60(78)57(75)56(74)52(46-69)82-66/h5,7,11,13,17,19,22-23,25-26,28-29,33,35,50-54,56-67,69-72,74-80H,3-4,6,8-10,12,14-16,18,20-21,24,27,30-32,34,36-49H2,1-2H3,(H,68,73)/b7-5-,13-11-,19-17-,23-22-,26-25-,29-28-,35-33-. The number of rotatable bonds is 48. The summed E-state index contributed by atoms with van der Waals surface area (Å²) in [7, 11) is 0. The molecular formula is C67H115NO18. The largest absolute Gasteiger partial charge is 0.394 e. The fourth-order valence-electron chi connectivity index (χ4n) is 10.6. The molecule has 19 heteroatoms. The first-order valence-corrected chi connectivity index (χ1v) is 32.8. The van der Waals surface area contributed by atoms with E-state index in [4.69, 9.17) is 28.4 Å². The maximum Gasteiger partial charge on any atom is 0.220 e. The number of carbonyl (C=O) groups is 1. The van der Waals surface area contributed by atoms with Gasteiger partial charge in [-0.2, -0.15) is 0 Å². The lowest BCUT2D eigenvalue weighted by atomic mass is 9.96. The van der Waals surface area contributed by atoms with Crippen LogP contribution in [0.4, 0.5) is 0 Å². The average molecular weight is 1220 g/mol. The highest BCUT2D eigenvalue weighted by Crippen LogP contribution is 2.33. The molecule has 17 unspecified atom stereocenters. The maximum atomic E-state index is 13.4. The van der Waals surface area contributed by atoms with Crippen LogP contribution in [0.3, 0.4) is 0 Å². The van der Waals surface area contributed by atoms with Gasteiger partial charge in [-0.15, -0.1) is 0 Å². The van der Waals surface area contributed by atoms with Crippen molar-refractivity contribution in [1.82, 2.24) is 5.32 Å². The van der Waals surface area contributed by atoms with E-state index >= 15 is 0 Å². The molecule has 3 aliphatic heterocycles. The summed E-state index contributed by atoms with van der Waals surface area (Å²) in [5.41, 5.74) is 0. The molecule has 0 aromatic heterocycles. The molecule has 0 aromatic carbocycles. The van der Waals surface area contributed by atoms with E-state index < -0.39 is 124 Å². The van der Waals surface area contributed by atoms with Crippen LogP contribution in [0, 0.1) is 0 Å². The Morgan fingerprint density at radius 1 is 0.430 bits per heavy atom. The van der Waals surface area contributed by atoms with E-state index in [1.165, 1.54) is 77.0 Å². The molecule has 17 atom stereocenters. The van der Waals surface area contributed by atoms with Gasteiger partial charge in [-0.3, -0.25) is 4.79 Å². The van der Waals surface area contributed by atoms with Gasteiger partial charge < -0.3 is 89.9 Å². The molecule has 19 nitrogen and oxygen atoms in total. The van der Waals surface area contributed by atoms with Crippen molar-refractivity contribution < 1.29 is 89.4 Å². The van der Waals surface area contributed by atoms with Crippen LogP contribution in [0.2, 0.25) is 0 Å². The first kappa shape index (κ1) is 77.2. The van der Waals surface area contributed by atoms with E-state index in [1.54, 1.807) is 0 Å². The summed E-state index contributed by atoms with van der Waals surface area (Å²) in [6.07, 6.45) is 33.7. The lowest BCUT2D eigenvalue weighted by Crippen LogP contribution is -2.66. The number of aliphatic hydroxyl groups is 11. The van der Waals surface area contributed by atoms with Crippen molar-refractivity contribution in [3.8, 4) is 0 Å². The van der Waals surface area contributed by atoms with Gasteiger partial charge in [-0.05, 0) is 70.6 Å². The molecule has 86 heavy (non-hydrogen) atoms. The molecule has 0 spiro atoms. The maximum absolute atomic E-state index is 13.4. The molecule has 0 saturated carbocycles. The summed E-state index contributed by atoms with van der Waals surface area (Å²) in [6, 6.07) is -0.911. The van der Waals surface area contributed by atoms with Crippen LogP contribution in [0.5, 0.6) is 0 Å². The Balaban J connectivity index is 1.47. The number of nitrogens with one attached hydrogen (secondary N) is 1. The lowest BCUT2D eigenvalue weighted by Gasteiger charge is -2.48. The second-order valence-corrected chi connectivity index (χ2v) is 23.2. The molecule has 496 valence electrons. The molecule has 3 saturated heterocycles. The van der Waals surface area contributed by atoms with Gasteiger partial charge in [-0.1, -0.05) is 208 Å². The molecule has 3 aliphatic rings. The van der Waals surface area contributed by atoms with Gasteiger partial charge in [0.05, 0.1) is 38.6 Å². The molecule has 0 aliphatic carbocycles. The summed E-state index contributed by atoms with van der Waals surface area (Å²) >= 11 is 0. The third kappa shape index (κ3) is 31.1. The van der Waals surface area contributed by atoms with Gasteiger partial charge in [0.2, 0.25) is 5.91 Å². The fraction of sp³-hybridized carbons (Fsp3) is 0.776. The van der Waals surface area contributed by atoms with Crippen molar-refractivity contribution in [1.29, 1.82) is 0 Å². The predicted octanol–water partition coefficient (Wildman–Crippen LogP) is 7.54. The topological polar surface area (TPSA) is 307 Å². The number of ether oxygens (including phenoxy) is 6. The third-order valence-corrected chi connectivity index (χ3v) is 16.0. The minimum atomic E-state index is -1.98. The molecule has 0 bridgehead atoms. The predicted molar refractivity (Wildman–Crippen MR) is 332 cm³/mol. The van der Waals surface area contributed by atoms with Gasteiger partial charge in [0.25, 0.3) is 0 Å². The number of hydrogen-bond donors (Lipinski definition) is 12. The Kier molecular flexibility index (Phi) is 43.8. The van der Waals surface area contributed by atoms with E-state index in [2.05, 4.69) is 104 Å². The molecule has 1 amide bonds. The Bertz CT molecular complexity index is 1890. The van der Waals surface area contributed by atoms with E-state index in [1.807, 2.05) is 0 Å². The second-order valence-electron chi connectivity index (χ2n) is 23.2. The minimum Gasteiger partial charge on any atom is -0.394 e. The summed E-state index contributed by atoms with van der Waals surface area (Å²) in [5.74, 6) is -0.278. The Labute approximate surface area is 514 Å². The molecule has 0 radical (unpaired) electrons. The van der Waals surface area contributed by atoms with E-state index in [0.717, 1.165) is 83.5 Å². The molecule has 0 aromatic rings. The SMILES string of the molecule is CC/C=C\C/C=C\C/C=C\C/C=C\C/C=C\C/C=C\C/C=C\CCCCCC(=O)NC(COC1OC(CO)C(OC2OC(CO)C(OC3OC(CO)C(O)C(O)C3O)C(O)C2O)C(O)C1O)C(O)CCCCCCCCCCCCCCCCCC. The van der Waals surface area contributed by atoms with E-state index in [-0.39, 0.29) is 18.9 Å². The van der Waals surface area contributed by atoms with Crippen LogP contribution in [0.15, 0.2) is 85.1 Å². The van der Waals surface area contributed by atoms with E-state index in [9.17, 15) is 61.0 Å². The Morgan fingerprint density at radius 2 is 0.802 bits per heavy atom. The fourth-order valence-corrected chi connectivity index (χ4v) is 10.6. The Hall–Kier alpha value is -3.03. The quantitative estimate of drug-likeness (QED) is 0.0207. The van der Waals surface area contributed by atoms with Crippen LogP contribution in [0.1, 0.15) is 200 Å². The third-order valence-electron chi connectivity index (χ3n) is 16.0. The first-order chi connectivity index (χ1) is 41.8. The van der Waals surface area contributed by atoms with Crippen LogP contribution < -0.4 is 5.32 Å². The second kappa shape index (κ2) is 48.8. The van der Waals surface area contributed by atoms with Crippen LogP contribution >= 0.6 is 0 Å². The summed E-state index contributed by atoms with van der Waals surface area (Å²) in [5, 5.41) is 120. The molecule has 3 rings (SSSR count). The van der Waals surface area contributed by atoms with Crippen molar-refractivity contribution >= 4 is 5.91 Å². The van der Waals surface area contributed by atoms with Crippen LogP contribution in [-0.2, 0) is 33.2 Å².